The number of nitro groups is 1. The number of piperidine rings is 1. The van der Waals surface area contributed by atoms with E-state index < -0.39 is 0 Å². The molecular weight excluding hydrogens is 407 g/mol. The van der Waals surface area contributed by atoms with Crippen LogP contribution < -0.4 is 5.32 Å². The highest BCUT2D eigenvalue weighted by Crippen LogP contribution is 2.17. The number of likely N-dealkylation sites (tertiary alicyclic amines) is 1. The molecule has 0 radical (unpaired) electrons. The molecule has 0 aromatic heterocycles. The summed E-state index contributed by atoms with van der Waals surface area (Å²) in [4.78, 5) is 17.4. The smallest absolute Gasteiger partial charge is 0.269 e. The van der Waals surface area contributed by atoms with Gasteiger partial charge in [-0.3, -0.25) is 10.1 Å². The second kappa shape index (κ2) is 9.69. The van der Waals surface area contributed by atoms with E-state index in [-0.39, 0.29) is 34.6 Å². The molecule has 1 saturated heterocycles. The predicted octanol–water partition coefficient (Wildman–Crippen LogP) is 3.41. The van der Waals surface area contributed by atoms with E-state index in [4.69, 9.17) is 0 Å². The fraction of sp³-hybridized carbons (Fsp3) is 0.562. The van der Waals surface area contributed by atoms with Crippen LogP contribution >= 0.6 is 24.0 Å². The number of aliphatic imine (C=N–C) groups is 1. The lowest BCUT2D eigenvalue weighted by Crippen LogP contribution is -2.45. The number of guanidine groups is 1. The Balaban J connectivity index is 0.00000264. The average molecular weight is 432 g/mol. The third-order valence-corrected chi connectivity index (χ3v) is 3.95. The zero-order valence-electron chi connectivity index (χ0n) is 13.7. The van der Waals surface area contributed by atoms with Crippen molar-refractivity contribution in [3.05, 3.63) is 39.9 Å². The van der Waals surface area contributed by atoms with Gasteiger partial charge < -0.3 is 10.2 Å². The van der Waals surface area contributed by atoms with Crippen molar-refractivity contribution < 1.29 is 4.92 Å². The minimum atomic E-state index is -0.371. The van der Waals surface area contributed by atoms with Gasteiger partial charge in [0.05, 0.1) is 11.5 Å². The average Bonchev–Trinajstić information content (AvgIpc) is 2.52. The Morgan fingerprint density at radius 1 is 1.43 bits per heavy atom. The molecule has 1 heterocycles. The second-order valence-electron chi connectivity index (χ2n) is 5.77. The van der Waals surface area contributed by atoms with Gasteiger partial charge in [0.15, 0.2) is 5.96 Å². The van der Waals surface area contributed by atoms with Crippen molar-refractivity contribution in [2.75, 3.05) is 19.6 Å². The minimum Gasteiger partial charge on any atom is -0.357 e. The van der Waals surface area contributed by atoms with Crippen molar-refractivity contribution in [3.8, 4) is 0 Å². The Morgan fingerprint density at radius 2 is 2.13 bits per heavy atom. The van der Waals surface area contributed by atoms with Crippen LogP contribution in [0.15, 0.2) is 29.3 Å². The Labute approximate surface area is 154 Å². The number of non-ortho nitro benzene ring substituents is 1. The summed E-state index contributed by atoms with van der Waals surface area (Å²) in [5, 5.41) is 14.1. The summed E-state index contributed by atoms with van der Waals surface area (Å²) in [6, 6.07) is 6.67. The Bertz CT molecular complexity index is 543. The predicted molar refractivity (Wildman–Crippen MR) is 103 cm³/mol. The van der Waals surface area contributed by atoms with Gasteiger partial charge in [-0.05, 0) is 31.2 Å². The summed E-state index contributed by atoms with van der Waals surface area (Å²) in [5.74, 6) is 1.68. The molecule has 0 unspecified atom stereocenters. The molecule has 1 N–H and O–H groups in total. The van der Waals surface area contributed by atoms with Crippen molar-refractivity contribution >= 4 is 35.6 Å². The lowest BCUT2D eigenvalue weighted by molar-refractivity contribution is -0.384. The molecule has 7 heteroatoms. The summed E-state index contributed by atoms with van der Waals surface area (Å²) < 4.78 is 0. The molecule has 23 heavy (non-hydrogen) atoms. The maximum absolute atomic E-state index is 10.8. The van der Waals surface area contributed by atoms with Crippen molar-refractivity contribution in [3.63, 3.8) is 0 Å². The minimum absolute atomic E-state index is 0. The van der Waals surface area contributed by atoms with Crippen molar-refractivity contribution in [1.29, 1.82) is 0 Å². The van der Waals surface area contributed by atoms with E-state index >= 15 is 0 Å². The van der Waals surface area contributed by atoms with Gasteiger partial charge >= 0.3 is 0 Å². The van der Waals surface area contributed by atoms with Gasteiger partial charge in [0, 0.05) is 31.8 Å². The van der Waals surface area contributed by atoms with Crippen molar-refractivity contribution in [2.24, 2.45) is 10.9 Å². The van der Waals surface area contributed by atoms with Gasteiger partial charge in [-0.15, -0.1) is 24.0 Å². The molecule has 0 bridgehead atoms. The Hall–Kier alpha value is -1.38. The van der Waals surface area contributed by atoms with Crippen LogP contribution in [-0.2, 0) is 6.54 Å². The first-order valence-electron chi connectivity index (χ1n) is 7.86. The molecular formula is C16H25IN4O2. The molecule has 6 nitrogen and oxygen atoms in total. The van der Waals surface area contributed by atoms with Gasteiger partial charge in [-0.25, -0.2) is 4.99 Å². The SMILES string of the molecule is CCNC(=NCc1cccc([N+](=O)[O-])c1)N1CCC(C)CC1.I. The number of hydrogen-bond donors (Lipinski definition) is 1. The van der Waals surface area contributed by atoms with Crippen LogP contribution in [0, 0.1) is 16.0 Å². The van der Waals surface area contributed by atoms with Gasteiger partial charge in [-0.1, -0.05) is 19.1 Å². The highest BCUT2D eigenvalue weighted by Gasteiger charge is 2.18. The van der Waals surface area contributed by atoms with Gasteiger partial charge in [-0.2, -0.15) is 0 Å². The van der Waals surface area contributed by atoms with Crippen LogP contribution in [0.1, 0.15) is 32.3 Å². The summed E-state index contributed by atoms with van der Waals surface area (Å²) in [5.41, 5.74) is 0.972. The Morgan fingerprint density at radius 3 is 2.74 bits per heavy atom. The van der Waals surface area contributed by atoms with Crippen LogP contribution in [0.2, 0.25) is 0 Å². The molecule has 0 amide bonds. The molecule has 2 rings (SSSR count). The van der Waals surface area contributed by atoms with Crippen LogP contribution in [0.4, 0.5) is 5.69 Å². The van der Waals surface area contributed by atoms with E-state index in [1.807, 2.05) is 6.07 Å². The van der Waals surface area contributed by atoms with E-state index in [1.165, 1.54) is 18.9 Å². The van der Waals surface area contributed by atoms with E-state index in [0.717, 1.165) is 37.1 Å². The van der Waals surface area contributed by atoms with Crippen molar-refractivity contribution in [1.82, 2.24) is 10.2 Å². The molecule has 0 saturated carbocycles. The lowest BCUT2D eigenvalue weighted by atomic mass is 10.00. The first kappa shape index (κ1) is 19.7. The zero-order valence-corrected chi connectivity index (χ0v) is 16.0. The molecule has 0 aliphatic carbocycles. The third-order valence-electron chi connectivity index (χ3n) is 3.95. The first-order chi connectivity index (χ1) is 10.6. The van der Waals surface area contributed by atoms with Gasteiger partial charge in [0.25, 0.3) is 5.69 Å². The molecule has 128 valence electrons. The normalized spacial score (nSPS) is 15.9. The Kier molecular flexibility index (Phi) is 8.29. The molecule has 1 aliphatic heterocycles. The van der Waals surface area contributed by atoms with Crippen LogP contribution in [0.5, 0.6) is 0 Å². The number of nitrogens with one attached hydrogen (secondary N) is 1. The fourth-order valence-electron chi connectivity index (χ4n) is 2.58. The van der Waals surface area contributed by atoms with Crippen LogP contribution in [-0.4, -0.2) is 35.4 Å². The lowest BCUT2D eigenvalue weighted by Gasteiger charge is -2.33. The van der Waals surface area contributed by atoms with E-state index in [9.17, 15) is 10.1 Å². The van der Waals surface area contributed by atoms with Crippen molar-refractivity contribution in [2.45, 2.75) is 33.2 Å². The van der Waals surface area contributed by atoms with Crippen LogP contribution in [0.25, 0.3) is 0 Å². The zero-order chi connectivity index (χ0) is 15.9. The molecule has 1 fully saturated rings. The highest BCUT2D eigenvalue weighted by atomic mass is 127. The first-order valence-corrected chi connectivity index (χ1v) is 7.86. The summed E-state index contributed by atoms with van der Waals surface area (Å²) in [6.07, 6.45) is 2.36. The monoisotopic (exact) mass is 432 g/mol. The number of benzene rings is 1. The summed E-state index contributed by atoms with van der Waals surface area (Å²) in [7, 11) is 0. The number of nitrogens with zero attached hydrogens (tertiary/aromatic N) is 3. The second-order valence-corrected chi connectivity index (χ2v) is 5.77. The standard InChI is InChI=1S/C16H24N4O2.HI/c1-3-17-16(19-9-7-13(2)8-10-19)18-12-14-5-4-6-15(11-14)20(21)22;/h4-6,11,13H,3,7-10,12H2,1-2H3,(H,17,18);1H. The topological polar surface area (TPSA) is 70.8 Å². The quantitative estimate of drug-likeness (QED) is 0.260. The molecule has 0 spiro atoms. The number of halogens is 1. The van der Waals surface area contributed by atoms with Gasteiger partial charge in [0.1, 0.15) is 0 Å². The molecule has 0 atom stereocenters. The number of rotatable bonds is 4. The van der Waals surface area contributed by atoms with E-state index in [0.29, 0.717) is 6.54 Å². The summed E-state index contributed by atoms with van der Waals surface area (Å²) >= 11 is 0. The number of hydrogen-bond acceptors (Lipinski definition) is 3. The maximum Gasteiger partial charge on any atom is 0.269 e. The van der Waals surface area contributed by atoms with Crippen LogP contribution in [0.3, 0.4) is 0 Å². The highest BCUT2D eigenvalue weighted by molar-refractivity contribution is 14.0. The number of nitro benzene ring substituents is 1. The van der Waals surface area contributed by atoms with Gasteiger partial charge in [0.2, 0.25) is 0 Å². The van der Waals surface area contributed by atoms with E-state index in [2.05, 4.69) is 29.1 Å². The largest absolute Gasteiger partial charge is 0.357 e. The fourth-order valence-corrected chi connectivity index (χ4v) is 2.58. The third kappa shape index (κ3) is 5.96. The molecule has 1 aromatic carbocycles. The van der Waals surface area contributed by atoms with E-state index in [1.54, 1.807) is 12.1 Å². The maximum atomic E-state index is 10.8. The molecule has 1 aliphatic rings. The molecule has 1 aromatic rings. The summed E-state index contributed by atoms with van der Waals surface area (Å²) in [6.45, 7) is 7.64.